The van der Waals surface area contributed by atoms with Crippen molar-refractivity contribution < 1.29 is 14.1 Å². The van der Waals surface area contributed by atoms with Crippen molar-refractivity contribution in [2.45, 2.75) is 25.7 Å². The molecule has 2 amide bonds. The fourth-order valence-electron chi connectivity index (χ4n) is 3.64. The van der Waals surface area contributed by atoms with Crippen LogP contribution in [-0.4, -0.2) is 39.9 Å². The van der Waals surface area contributed by atoms with Gasteiger partial charge in [0.25, 0.3) is 0 Å². The van der Waals surface area contributed by atoms with E-state index in [-0.39, 0.29) is 17.7 Å². The number of hydrogen-bond donors (Lipinski definition) is 1. The Labute approximate surface area is 180 Å². The third kappa shape index (κ3) is 5.25. The molecule has 3 aromatic rings. The predicted molar refractivity (Wildman–Crippen MR) is 118 cm³/mol. The van der Waals surface area contributed by atoms with Gasteiger partial charge in [-0.25, -0.2) is 0 Å². The summed E-state index contributed by atoms with van der Waals surface area (Å²) < 4.78 is 5.52. The van der Waals surface area contributed by atoms with E-state index in [1.165, 1.54) is 6.92 Å². The van der Waals surface area contributed by atoms with Gasteiger partial charge in [-0.1, -0.05) is 35.5 Å². The molecule has 158 valence electrons. The van der Waals surface area contributed by atoms with Crippen molar-refractivity contribution in [1.82, 2.24) is 15.0 Å². The van der Waals surface area contributed by atoms with Crippen molar-refractivity contribution in [3.8, 4) is 11.4 Å². The largest absolute Gasteiger partial charge is 0.339 e. The second-order valence-corrected chi connectivity index (χ2v) is 7.58. The van der Waals surface area contributed by atoms with Crippen LogP contribution in [0.15, 0.2) is 65.2 Å². The third-order valence-corrected chi connectivity index (χ3v) is 5.21. The maximum absolute atomic E-state index is 12.6. The van der Waals surface area contributed by atoms with E-state index in [9.17, 15) is 9.59 Å². The summed E-state index contributed by atoms with van der Waals surface area (Å²) >= 11 is 0. The van der Waals surface area contributed by atoms with Crippen LogP contribution in [0.1, 0.15) is 37.1 Å². The molecular weight excluding hydrogens is 392 g/mol. The molecule has 0 aliphatic carbocycles. The van der Waals surface area contributed by atoms with Crippen LogP contribution in [0.5, 0.6) is 0 Å². The minimum atomic E-state index is -0.121. The van der Waals surface area contributed by atoms with Crippen LogP contribution in [0.25, 0.3) is 17.5 Å². The normalized spacial score (nSPS) is 16.4. The zero-order chi connectivity index (χ0) is 21.6. The number of nitrogens with zero attached hydrogens (tertiary/aromatic N) is 3. The summed E-state index contributed by atoms with van der Waals surface area (Å²) in [5.74, 6) is 0.927. The lowest BCUT2D eigenvalue weighted by atomic mass is 9.98. The molecule has 31 heavy (non-hydrogen) atoms. The number of likely N-dealkylation sites (tertiary alicyclic amines) is 1. The molecule has 7 nitrogen and oxygen atoms in total. The van der Waals surface area contributed by atoms with Gasteiger partial charge in [0.2, 0.25) is 23.5 Å². The van der Waals surface area contributed by atoms with Gasteiger partial charge in [0, 0.05) is 37.3 Å². The summed E-state index contributed by atoms with van der Waals surface area (Å²) in [6.07, 6.45) is 5.24. The highest BCUT2D eigenvalue weighted by molar-refractivity contribution is 5.92. The molecule has 0 spiro atoms. The Kier molecular flexibility index (Phi) is 6.21. The van der Waals surface area contributed by atoms with Gasteiger partial charge in [0.15, 0.2) is 0 Å². The number of carbonyl (C=O) groups excluding carboxylic acids is 2. The van der Waals surface area contributed by atoms with E-state index >= 15 is 0 Å². The molecule has 0 saturated carbocycles. The van der Waals surface area contributed by atoms with Gasteiger partial charge in [-0.05, 0) is 48.7 Å². The van der Waals surface area contributed by atoms with E-state index in [4.69, 9.17) is 4.52 Å². The lowest BCUT2D eigenvalue weighted by Crippen LogP contribution is -2.38. The van der Waals surface area contributed by atoms with Crippen molar-refractivity contribution in [3.05, 3.63) is 72.1 Å². The van der Waals surface area contributed by atoms with E-state index < -0.39 is 0 Å². The van der Waals surface area contributed by atoms with Crippen LogP contribution in [0.4, 0.5) is 5.69 Å². The first-order valence-electron chi connectivity index (χ1n) is 10.3. The lowest BCUT2D eigenvalue weighted by molar-refractivity contribution is -0.127. The van der Waals surface area contributed by atoms with Gasteiger partial charge < -0.3 is 14.7 Å². The Morgan fingerprint density at radius 1 is 1.13 bits per heavy atom. The van der Waals surface area contributed by atoms with Crippen LogP contribution < -0.4 is 5.32 Å². The Balaban J connectivity index is 1.41. The van der Waals surface area contributed by atoms with E-state index in [0.29, 0.717) is 23.9 Å². The summed E-state index contributed by atoms with van der Waals surface area (Å²) in [5, 5.41) is 6.84. The molecule has 0 radical (unpaired) electrons. The molecule has 1 saturated heterocycles. The van der Waals surface area contributed by atoms with Crippen molar-refractivity contribution >= 4 is 23.6 Å². The fraction of sp³-hybridized carbons (Fsp3) is 0.250. The van der Waals surface area contributed by atoms with Gasteiger partial charge in [0.05, 0.1) is 5.92 Å². The lowest BCUT2D eigenvalue weighted by Gasteiger charge is -2.30. The van der Waals surface area contributed by atoms with Crippen molar-refractivity contribution in [2.75, 3.05) is 18.4 Å². The minimum absolute atomic E-state index is 0.0122. The topological polar surface area (TPSA) is 88.3 Å². The fourth-order valence-corrected chi connectivity index (χ4v) is 3.64. The summed E-state index contributed by atoms with van der Waals surface area (Å²) in [5.41, 5.74) is 2.51. The first-order chi connectivity index (χ1) is 15.1. The summed E-state index contributed by atoms with van der Waals surface area (Å²) in [4.78, 5) is 30.2. The Hall–Kier alpha value is -3.74. The van der Waals surface area contributed by atoms with Crippen LogP contribution in [0.3, 0.4) is 0 Å². The molecule has 0 unspecified atom stereocenters. The van der Waals surface area contributed by atoms with E-state index in [0.717, 1.165) is 30.5 Å². The highest BCUT2D eigenvalue weighted by Gasteiger charge is 2.28. The SMILES string of the molecule is CC(=O)Nc1ccc(-c2noc([C@H]3CCCN(C(=O)/C=C/c4ccccc4)C3)n2)cc1. The predicted octanol–water partition coefficient (Wildman–Crippen LogP) is 4.11. The maximum Gasteiger partial charge on any atom is 0.246 e. The highest BCUT2D eigenvalue weighted by atomic mass is 16.5. The Morgan fingerprint density at radius 3 is 2.65 bits per heavy atom. The molecule has 2 aromatic carbocycles. The molecule has 0 bridgehead atoms. The molecule has 1 atom stereocenters. The van der Waals surface area contributed by atoms with Crippen LogP contribution in [0.2, 0.25) is 0 Å². The van der Waals surface area contributed by atoms with Crippen molar-refractivity contribution in [3.63, 3.8) is 0 Å². The van der Waals surface area contributed by atoms with Crippen molar-refractivity contribution in [1.29, 1.82) is 0 Å². The first-order valence-corrected chi connectivity index (χ1v) is 10.3. The molecule has 1 aromatic heterocycles. The van der Waals surface area contributed by atoms with Crippen LogP contribution in [-0.2, 0) is 9.59 Å². The van der Waals surface area contributed by atoms with E-state index in [1.807, 2.05) is 53.4 Å². The zero-order valence-electron chi connectivity index (χ0n) is 17.3. The van der Waals surface area contributed by atoms with Crippen LogP contribution >= 0.6 is 0 Å². The number of amides is 2. The van der Waals surface area contributed by atoms with Gasteiger partial charge >= 0.3 is 0 Å². The molecular formula is C24H24N4O3. The first kappa shape index (κ1) is 20.5. The molecule has 4 rings (SSSR count). The number of aromatic nitrogens is 2. The van der Waals surface area contributed by atoms with Crippen molar-refractivity contribution in [2.24, 2.45) is 0 Å². The number of nitrogens with one attached hydrogen (secondary N) is 1. The van der Waals surface area contributed by atoms with E-state index in [2.05, 4.69) is 15.5 Å². The Bertz CT molecular complexity index is 1070. The monoisotopic (exact) mass is 416 g/mol. The van der Waals surface area contributed by atoms with Gasteiger partial charge in [-0.2, -0.15) is 4.98 Å². The van der Waals surface area contributed by atoms with Crippen LogP contribution in [0, 0.1) is 0 Å². The standard InChI is InChI=1S/C24H24N4O3/c1-17(29)25-21-12-10-19(11-13-21)23-26-24(31-27-23)20-8-5-15-28(16-20)22(30)14-9-18-6-3-2-4-7-18/h2-4,6-7,9-14,20H,5,8,15-16H2,1H3,(H,25,29)/b14-9+/t20-/m0/s1. The number of carbonyl (C=O) groups is 2. The number of rotatable bonds is 5. The number of piperidine rings is 1. The average Bonchev–Trinajstić information content (AvgIpc) is 3.29. The molecule has 1 aliphatic rings. The smallest absolute Gasteiger partial charge is 0.246 e. The number of hydrogen-bond acceptors (Lipinski definition) is 5. The molecule has 7 heteroatoms. The van der Waals surface area contributed by atoms with Gasteiger partial charge in [-0.3, -0.25) is 9.59 Å². The minimum Gasteiger partial charge on any atom is -0.339 e. The quantitative estimate of drug-likeness (QED) is 0.632. The molecule has 1 aliphatic heterocycles. The second-order valence-electron chi connectivity index (χ2n) is 7.58. The summed E-state index contributed by atoms with van der Waals surface area (Å²) in [6, 6.07) is 17.0. The maximum atomic E-state index is 12.6. The highest BCUT2D eigenvalue weighted by Crippen LogP contribution is 2.28. The molecule has 1 fully saturated rings. The van der Waals surface area contributed by atoms with E-state index in [1.54, 1.807) is 18.2 Å². The van der Waals surface area contributed by atoms with Gasteiger partial charge in [-0.15, -0.1) is 0 Å². The zero-order valence-corrected chi connectivity index (χ0v) is 17.3. The number of benzene rings is 2. The molecule has 2 heterocycles. The average molecular weight is 416 g/mol. The number of anilines is 1. The van der Waals surface area contributed by atoms with Gasteiger partial charge in [0.1, 0.15) is 0 Å². The summed E-state index contributed by atoms with van der Waals surface area (Å²) in [6.45, 7) is 2.75. The Morgan fingerprint density at radius 2 is 1.90 bits per heavy atom. The molecule has 1 N–H and O–H groups in total. The summed E-state index contributed by atoms with van der Waals surface area (Å²) in [7, 11) is 0. The second kappa shape index (κ2) is 9.38. The third-order valence-electron chi connectivity index (χ3n) is 5.21.